The Hall–Kier alpha value is -0.980. The van der Waals surface area contributed by atoms with Crippen LogP contribution in [0.1, 0.15) is 46.7 Å². The number of amides is 1. The fourth-order valence-electron chi connectivity index (χ4n) is 1.46. The average Bonchev–Trinajstić information content (AvgIpc) is 2.70. The normalized spacial score (nSPS) is 14.3. The minimum absolute atomic E-state index is 0.0488. The van der Waals surface area contributed by atoms with E-state index in [9.17, 15) is 4.79 Å². The Bertz CT molecular complexity index is 406. The number of hydrogen-bond acceptors (Lipinski definition) is 5. The Morgan fingerprint density at radius 1 is 1.56 bits per heavy atom. The van der Waals surface area contributed by atoms with Gasteiger partial charge in [-0.2, -0.15) is 0 Å². The summed E-state index contributed by atoms with van der Waals surface area (Å²) in [6.45, 7) is 5.64. The summed E-state index contributed by atoms with van der Waals surface area (Å²) >= 11 is 1.35. The Morgan fingerprint density at radius 2 is 2.22 bits per heavy atom. The highest BCUT2D eigenvalue weighted by molar-refractivity contribution is 7.13. The first-order valence-electron chi connectivity index (χ1n) is 5.91. The van der Waals surface area contributed by atoms with Crippen molar-refractivity contribution < 1.29 is 14.6 Å². The highest BCUT2D eigenvalue weighted by Crippen LogP contribution is 2.25. The smallest absolute Gasteiger partial charge is 0.263 e. The second-order valence-electron chi connectivity index (χ2n) is 4.23. The van der Waals surface area contributed by atoms with Gasteiger partial charge in [0.1, 0.15) is 16.0 Å². The number of nitrogens with one attached hydrogen (secondary N) is 1. The molecule has 6 heteroatoms. The molecule has 0 saturated heterocycles. The molecular formula is C12H20N2O3S. The fraction of sp³-hybridized carbons (Fsp3) is 0.667. The van der Waals surface area contributed by atoms with Crippen LogP contribution in [0, 0.1) is 6.92 Å². The Kier molecular flexibility index (Phi) is 5.71. The predicted octanol–water partition coefficient (Wildman–Crippen LogP) is 1.66. The number of aryl methyl sites for hydroxylation is 1. The Morgan fingerprint density at radius 3 is 2.78 bits per heavy atom. The van der Waals surface area contributed by atoms with Crippen LogP contribution < -0.4 is 5.32 Å². The number of aliphatic hydroxyl groups excluding tert-OH is 1. The van der Waals surface area contributed by atoms with Gasteiger partial charge >= 0.3 is 0 Å². The van der Waals surface area contributed by atoms with Crippen molar-refractivity contribution in [1.29, 1.82) is 0 Å². The van der Waals surface area contributed by atoms with Gasteiger partial charge in [-0.25, -0.2) is 4.98 Å². The first-order valence-corrected chi connectivity index (χ1v) is 6.73. The summed E-state index contributed by atoms with van der Waals surface area (Å²) in [5, 5.41) is 12.4. The Labute approximate surface area is 111 Å². The van der Waals surface area contributed by atoms with E-state index in [0.29, 0.717) is 17.0 Å². The zero-order valence-corrected chi connectivity index (χ0v) is 12.0. The molecule has 1 aromatic heterocycles. The number of carbonyl (C=O) groups is 1. The summed E-state index contributed by atoms with van der Waals surface area (Å²) in [7, 11) is 1.62. The van der Waals surface area contributed by atoms with Crippen molar-refractivity contribution in [3.63, 3.8) is 0 Å². The molecule has 0 aromatic carbocycles. The van der Waals surface area contributed by atoms with Crippen LogP contribution in [0.2, 0.25) is 0 Å². The molecule has 102 valence electrons. The van der Waals surface area contributed by atoms with Crippen molar-refractivity contribution in [3.05, 3.63) is 15.6 Å². The maximum atomic E-state index is 12.0. The Balaban J connectivity index is 2.77. The van der Waals surface area contributed by atoms with Crippen molar-refractivity contribution in [2.75, 3.05) is 13.7 Å². The first kappa shape index (κ1) is 15.1. The van der Waals surface area contributed by atoms with Crippen LogP contribution in [0.25, 0.3) is 0 Å². The van der Waals surface area contributed by atoms with E-state index in [0.717, 1.165) is 5.01 Å². The monoisotopic (exact) mass is 272 g/mol. The van der Waals surface area contributed by atoms with Gasteiger partial charge in [0.05, 0.1) is 5.69 Å². The van der Waals surface area contributed by atoms with E-state index in [1.165, 1.54) is 11.3 Å². The standard InChI is InChI=1S/C12H20N2O3S/c1-7(5-6-15)13-11(16)10-8(2)14-12(18-10)9(3)17-4/h7,9,15H,5-6H2,1-4H3,(H,13,16). The van der Waals surface area contributed by atoms with Gasteiger partial charge in [-0.05, 0) is 27.2 Å². The van der Waals surface area contributed by atoms with Gasteiger partial charge in [-0.1, -0.05) is 0 Å². The molecule has 1 heterocycles. The molecule has 2 atom stereocenters. The number of carbonyl (C=O) groups excluding carboxylic acids is 1. The van der Waals surface area contributed by atoms with E-state index in [1.54, 1.807) is 7.11 Å². The molecule has 0 aliphatic rings. The topological polar surface area (TPSA) is 71.5 Å². The molecule has 0 saturated carbocycles. The van der Waals surface area contributed by atoms with E-state index in [4.69, 9.17) is 9.84 Å². The fourth-order valence-corrected chi connectivity index (χ4v) is 2.46. The maximum absolute atomic E-state index is 12.0. The second kappa shape index (κ2) is 6.82. The summed E-state index contributed by atoms with van der Waals surface area (Å²) in [6.07, 6.45) is 0.440. The van der Waals surface area contributed by atoms with Crippen LogP contribution >= 0.6 is 11.3 Å². The van der Waals surface area contributed by atoms with Crippen LogP contribution in [0.3, 0.4) is 0 Å². The third kappa shape index (κ3) is 3.76. The van der Waals surface area contributed by atoms with Crippen LogP contribution in [0.5, 0.6) is 0 Å². The lowest BCUT2D eigenvalue weighted by Crippen LogP contribution is -2.33. The van der Waals surface area contributed by atoms with Crippen LogP contribution in [-0.4, -0.2) is 35.8 Å². The number of rotatable bonds is 6. The maximum Gasteiger partial charge on any atom is 0.263 e. The van der Waals surface area contributed by atoms with Gasteiger partial charge in [0, 0.05) is 19.8 Å². The average molecular weight is 272 g/mol. The number of hydrogen-bond donors (Lipinski definition) is 2. The number of nitrogens with zero attached hydrogens (tertiary/aromatic N) is 1. The summed E-state index contributed by atoms with van der Waals surface area (Å²) in [6, 6.07) is -0.0488. The number of aromatic nitrogens is 1. The summed E-state index contributed by atoms with van der Waals surface area (Å²) in [5.41, 5.74) is 0.715. The lowest BCUT2D eigenvalue weighted by atomic mass is 10.2. The van der Waals surface area contributed by atoms with Gasteiger partial charge in [-0.3, -0.25) is 4.79 Å². The molecule has 0 radical (unpaired) electrons. The van der Waals surface area contributed by atoms with Crippen LogP contribution in [0.4, 0.5) is 0 Å². The zero-order valence-electron chi connectivity index (χ0n) is 11.2. The highest BCUT2D eigenvalue weighted by atomic mass is 32.1. The number of ether oxygens (including phenoxy) is 1. The lowest BCUT2D eigenvalue weighted by molar-refractivity contribution is 0.0937. The number of aliphatic hydroxyl groups is 1. The number of methoxy groups -OCH3 is 1. The lowest BCUT2D eigenvalue weighted by Gasteiger charge is -2.11. The second-order valence-corrected chi connectivity index (χ2v) is 5.26. The summed E-state index contributed by atoms with van der Waals surface area (Å²) < 4.78 is 5.19. The molecule has 1 aromatic rings. The zero-order chi connectivity index (χ0) is 13.7. The number of thiazole rings is 1. The third-order valence-corrected chi connectivity index (χ3v) is 3.98. The third-order valence-electron chi connectivity index (χ3n) is 2.66. The summed E-state index contributed by atoms with van der Waals surface area (Å²) in [4.78, 5) is 17.0. The van der Waals surface area contributed by atoms with Crippen molar-refractivity contribution in [1.82, 2.24) is 10.3 Å². The van der Waals surface area contributed by atoms with Crippen molar-refractivity contribution in [3.8, 4) is 0 Å². The van der Waals surface area contributed by atoms with Gasteiger partial charge in [-0.15, -0.1) is 11.3 Å². The van der Waals surface area contributed by atoms with Crippen molar-refractivity contribution in [2.24, 2.45) is 0 Å². The van der Waals surface area contributed by atoms with Gasteiger partial charge in [0.15, 0.2) is 0 Å². The molecule has 0 bridgehead atoms. The molecule has 2 N–H and O–H groups in total. The SMILES string of the molecule is COC(C)c1nc(C)c(C(=O)NC(C)CCO)s1. The first-order chi connectivity index (χ1) is 8.49. The molecular weight excluding hydrogens is 252 g/mol. The van der Waals surface area contributed by atoms with E-state index in [1.807, 2.05) is 20.8 Å². The predicted molar refractivity (Wildman–Crippen MR) is 70.9 cm³/mol. The van der Waals surface area contributed by atoms with Crippen LogP contribution in [-0.2, 0) is 4.74 Å². The van der Waals surface area contributed by atoms with Crippen LogP contribution in [0.15, 0.2) is 0 Å². The molecule has 1 rings (SSSR count). The minimum atomic E-state index is -0.138. The largest absolute Gasteiger partial charge is 0.396 e. The van der Waals surface area contributed by atoms with E-state index < -0.39 is 0 Å². The molecule has 1 amide bonds. The molecule has 0 spiro atoms. The quantitative estimate of drug-likeness (QED) is 0.826. The van der Waals surface area contributed by atoms with Gasteiger partial charge in [0.2, 0.25) is 0 Å². The molecule has 0 aliphatic heterocycles. The van der Waals surface area contributed by atoms with E-state index in [2.05, 4.69) is 10.3 Å². The minimum Gasteiger partial charge on any atom is -0.396 e. The molecule has 0 fully saturated rings. The molecule has 0 aliphatic carbocycles. The van der Waals surface area contributed by atoms with E-state index >= 15 is 0 Å². The van der Waals surface area contributed by atoms with Crippen molar-refractivity contribution >= 4 is 17.2 Å². The summed E-state index contributed by atoms with van der Waals surface area (Å²) in [5.74, 6) is -0.138. The molecule has 2 unspecified atom stereocenters. The van der Waals surface area contributed by atoms with Gasteiger partial charge < -0.3 is 15.2 Å². The van der Waals surface area contributed by atoms with Crippen molar-refractivity contribution in [2.45, 2.75) is 39.3 Å². The molecule has 5 nitrogen and oxygen atoms in total. The van der Waals surface area contributed by atoms with Gasteiger partial charge in [0.25, 0.3) is 5.91 Å². The highest BCUT2D eigenvalue weighted by Gasteiger charge is 2.19. The van der Waals surface area contributed by atoms with E-state index in [-0.39, 0.29) is 24.7 Å². The molecule has 18 heavy (non-hydrogen) atoms.